The van der Waals surface area contributed by atoms with Crippen LogP contribution in [0, 0.1) is 6.92 Å². The molecule has 3 N–H and O–H groups in total. The van der Waals surface area contributed by atoms with Crippen LogP contribution in [-0.2, 0) is 0 Å². The lowest BCUT2D eigenvalue weighted by Gasteiger charge is -2.07. The maximum absolute atomic E-state index is 12.2. The molecule has 0 radical (unpaired) electrons. The van der Waals surface area contributed by atoms with Gasteiger partial charge in [-0.05, 0) is 25.0 Å². The van der Waals surface area contributed by atoms with E-state index in [9.17, 15) is 4.79 Å². The molecule has 4 nitrogen and oxygen atoms in total. The van der Waals surface area contributed by atoms with Crippen LogP contribution in [0.1, 0.15) is 34.0 Å². The molecule has 1 amide bonds. The average molecular weight is 267 g/mol. The van der Waals surface area contributed by atoms with Crippen LogP contribution in [0.3, 0.4) is 0 Å². The summed E-state index contributed by atoms with van der Waals surface area (Å²) in [5.74, 6) is 0.334. The van der Waals surface area contributed by atoms with Crippen molar-refractivity contribution in [3.05, 3.63) is 59.4 Å². The monoisotopic (exact) mass is 267 g/mol. The molecule has 0 spiro atoms. The van der Waals surface area contributed by atoms with Crippen LogP contribution in [0.5, 0.6) is 0 Å². The average Bonchev–Trinajstić information content (AvgIpc) is 3.21. The standard InChI is InChI=1S/C16H17N3O/c1-10-13(7-12(17)9-18-10)16(20)19-15-8-14(15)11-5-3-2-4-6-11/h2-7,9,14-15H,8,17H2,1H3,(H,19,20). The zero-order chi connectivity index (χ0) is 14.1. The molecule has 0 saturated heterocycles. The number of nitrogens with one attached hydrogen (secondary N) is 1. The minimum absolute atomic E-state index is 0.0919. The Morgan fingerprint density at radius 3 is 2.85 bits per heavy atom. The number of anilines is 1. The fourth-order valence-corrected chi connectivity index (χ4v) is 2.45. The van der Waals surface area contributed by atoms with Gasteiger partial charge in [-0.1, -0.05) is 30.3 Å². The molecule has 2 atom stereocenters. The third-order valence-electron chi connectivity index (χ3n) is 3.69. The van der Waals surface area contributed by atoms with Gasteiger partial charge in [-0.2, -0.15) is 0 Å². The van der Waals surface area contributed by atoms with Crippen molar-refractivity contribution in [2.24, 2.45) is 0 Å². The first-order valence-electron chi connectivity index (χ1n) is 6.73. The molecule has 4 heteroatoms. The molecule has 3 rings (SSSR count). The largest absolute Gasteiger partial charge is 0.397 e. The second kappa shape index (κ2) is 4.96. The summed E-state index contributed by atoms with van der Waals surface area (Å²) < 4.78 is 0. The molecule has 1 saturated carbocycles. The maximum Gasteiger partial charge on any atom is 0.253 e. The predicted molar refractivity (Wildman–Crippen MR) is 78.4 cm³/mol. The first-order valence-corrected chi connectivity index (χ1v) is 6.73. The smallest absolute Gasteiger partial charge is 0.253 e. The topological polar surface area (TPSA) is 68.0 Å². The number of carbonyl (C=O) groups is 1. The molecular formula is C16H17N3O. The van der Waals surface area contributed by atoms with Gasteiger partial charge in [-0.25, -0.2) is 0 Å². The first kappa shape index (κ1) is 12.7. The lowest BCUT2D eigenvalue weighted by atomic mass is 10.1. The number of aryl methyl sites for hydroxylation is 1. The number of carbonyl (C=O) groups excluding carboxylic acids is 1. The molecule has 1 aromatic carbocycles. The number of nitrogens with zero attached hydrogens (tertiary/aromatic N) is 1. The summed E-state index contributed by atoms with van der Waals surface area (Å²) in [6.07, 6.45) is 2.56. The van der Waals surface area contributed by atoms with Crippen molar-refractivity contribution in [3.8, 4) is 0 Å². The van der Waals surface area contributed by atoms with Gasteiger partial charge >= 0.3 is 0 Å². The van der Waals surface area contributed by atoms with E-state index < -0.39 is 0 Å². The van der Waals surface area contributed by atoms with Gasteiger partial charge in [0.05, 0.1) is 23.1 Å². The zero-order valence-corrected chi connectivity index (χ0v) is 11.3. The van der Waals surface area contributed by atoms with Gasteiger partial charge in [0.1, 0.15) is 0 Å². The lowest BCUT2D eigenvalue weighted by molar-refractivity contribution is 0.0949. The molecule has 1 aliphatic rings. The Labute approximate surface area is 118 Å². The lowest BCUT2D eigenvalue weighted by Crippen LogP contribution is -2.27. The van der Waals surface area contributed by atoms with Crippen molar-refractivity contribution in [1.29, 1.82) is 0 Å². The molecule has 0 bridgehead atoms. The van der Waals surface area contributed by atoms with Gasteiger partial charge in [0, 0.05) is 12.0 Å². The second-order valence-corrected chi connectivity index (χ2v) is 5.23. The van der Waals surface area contributed by atoms with Crippen molar-refractivity contribution < 1.29 is 4.79 Å². The van der Waals surface area contributed by atoms with Crippen molar-refractivity contribution >= 4 is 11.6 Å². The molecule has 2 unspecified atom stereocenters. The van der Waals surface area contributed by atoms with Gasteiger partial charge < -0.3 is 11.1 Å². The van der Waals surface area contributed by atoms with E-state index >= 15 is 0 Å². The SMILES string of the molecule is Cc1ncc(N)cc1C(=O)NC1CC1c1ccccc1. The molecule has 1 fully saturated rings. The molecular weight excluding hydrogens is 250 g/mol. The van der Waals surface area contributed by atoms with Gasteiger partial charge in [0.15, 0.2) is 0 Å². The Morgan fingerprint density at radius 2 is 2.10 bits per heavy atom. The van der Waals surface area contributed by atoms with Gasteiger partial charge in [-0.3, -0.25) is 9.78 Å². The van der Waals surface area contributed by atoms with E-state index in [1.54, 1.807) is 12.3 Å². The number of nitrogens with two attached hydrogens (primary N) is 1. The van der Waals surface area contributed by atoms with Crippen molar-refractivity contribution in [2.45, 2.75) is 25.3 Å². The quantitative estimate of drug-likeness (QED) is 0.896. The Balaban J connectivity index is 1.68. The summed E-state index contributed by atoms with van der Waals surface area (Å²) >= 11 is 0. The summed E-state index contributed by atoms with van der Waals surface area (Å²) in [6.45, 7) is 1.82. The summed E-state index contributed by atoms with van der Waals surface area (Å²) in [4.78, 5) is 16.4. The number of nitrogen functional groups attached to an aromatic ring is 1. The van der Waals surface area contributed by atoms with Crippen molar-refractivity contribution in [3.63, 3.8) is 0 Å². The highest BCUT2D eigenvalue weighted by Gasteiger charge is 2.39. The third kappa shape index (κ3) is 2.50. The van der Waals surface area contributed by atoms with E-state index in [1.807, 2.05) is 25.1 Å². The molecule has 2 aromatic rings. The highest BCUT2D eigenvalue weighted by atomic mass is 16.1. The number of hydrogen-bond acceptors (Lipinski definition) is 3. The first-order chi connectivity index (χ1) is 9.65. The molecule has 102 valence electrons. The number of pyridine rings is 1. The highest BCUT2D eigenvalue weighted by Crippen LogP contribution is 2.40. The van der Waals surface area contributed by atoms with E-state index in [2.05, 4.69) is 22.4 Å². The van der Waals surface area contributed by atoms with Crippen LogP contribution >= 0.6 is 0 Å². The normalized spacial score (nSPS) is 20.4. The van der Waals surface area contributed by atoms with Crippen LogP contribution in [0.2, 0.25) is 0 Å². The maximum atomic E-state index is 12.2. The molecule has 1 aromatic heterocycles. The fourth-order valence-electron chi connectivity index (χ4n) is 2.45. The number of benzene rings is 1. The van der Waals surface area contributed by atoms with E-state index in [4.69, 9.17) is 5.73 Å². The Kier molecular flexibility index (Phi) is 3.14. The fraction of sp³-hybridized carbons (Fsp3) is 0.250. The molecule has 20 heavy (non-hydrogen) atoms. The Bertz CT molecular complexity index is 639. The summed E-state index contributed by atoms with van der Waals surface area (Å²) in [5, 5.41) is 3.05. The van der Waals surface area contributed by atoms with Crippen molar-refractivity contribution in [1.82, 2.24) is 10.3 Å². The molecule has 0 aliphatic heterocycles. The van der Waals surface area contributed by atoms with Crippen LogP contribution in [0.15, 0.2) is 42.6 Å². The highest BCUT2D eigenvalue weighted by molar-refractivity contribution is 5.96. The van der Waals surface area contributed by atoms with Crippen LogP contribution in [0.25, 0.3) is 0 Å². The third-order valence-corrected chi connectivity index (χ3v) is 3.69. The summed E-state index contributed by atoms with van der Waals surface area (Å²) in [7, 11) is 0. The van der Waals surface area contributed by atoms with Crippen molar-refractivity contribution in [2.75, 3.05) is 5.73 Å². The Hall–Kier alpha value is -2.36. The number of aromatic nitrogens is 1. The molecule has 1 aliphatic carbocycles. The Morgan fingerprint density at radius 1 is 1.35 bits per heavy atom. The van der Waals surface area contributed by atoms with Gasteiger partial charge in [0.25, 0.3) is 5.91 Å². The van der Waals surface area contributed by atoms with Gasteiger partial charge in [0.2, 0.25) is 0 Å². The minimum atomic E-state index is -0.0919. The predicted octanol–water partition coefficient (Wildman–Crippen LogP) is 2.26. The minimum Gasteiger partial charge on any atom is -0.397 e. The molecule has 1 heterocycles. The number of amides is 1. The number of hydrogen-bond donors (Lipinski definition) is 2. The second-order valence-electron chi connectivity index (χ2n) is 5.23. The van der Waals surface area contributed by atoms with Crippen LogP contribution in [-0.4, -0.2) is 16.9 Å². The van der Waals surface area contributed by atoms with Crippen LogP contribution in [0.4, 0.5) is 5.69 Å². The van der Waals surface area contributed by atoms with E-state index in [0.29, 0.717) is 22.9 Å². The summed E-state index contributed by atoms with van der Waals surface area (Å²) in [5.41, 5.74) is 8.74. The number of rotatable bonds is 3. The van der Waals surface area contributed by atoms with Gasteiger partial charge in [-0.15, -0.1) is 0 Å². The van der Waals surface area contributed by atoms with E-state index in [-0.39, 0.29) is 11.9 Å². The zero-order valence-electron chi connectivity index (χ0n) is 11.3. The van der Waals surface area contributed by atoms with Crippen LogP contribution < -0.4 is 11.1 Å². The summed E-state index contributed by atoms with van der Waals surface area (Å²) in [6, 6.07) is 12.1. The van der Waals surface area contributed by atoms with E-state index in [0.717, 1.165) is 6.42 Å². The van der Waals surface area contributed by atoms with E-state index in [1.165, 1.54) is 5.56 Å².